The van der Waals surface area contributed by atoms with Gasteiger partial charge in [0.2, 0.25) is 0 Å². The lowest BCUT2D eigenvalue weighted by Crippen LogP contribution is -2.16. The average Bonchev–Trinajstić information content (AvgIpc) is 2.55. The number of aliphatic hydroxyl groups excluding tert-OH is 1. The molecule has 0 bridgehead atoms. The van der Waals surface area contributed by atoms with E-state index in [2.05, 4.69) is 4.98 Å². The summed E-state index contributed by atoms with van der Waals surface area (Å²) in [6, 6.07) is 10.5. The molecule has 0 spiro atoms. The second-order valence-corrected chi connectivity index (χ2v) is 7.54. The third kappa shape index (κ3) is 3.38. The van der Waals surface area contributed by atoms with Crippen molar-refractivity contribution in [3.05, 3.63) is 54.4 Å². The first-order valence-electron chi connectivity index (χ1n) is 7.09. The Bertz CT molecular complexity index is 644. The van der Waals surface area contributed by atoms with Crippen molar-refractivity contribution in [2.24, 2.45) is 0 Å². The van der Waals surface area contributed by atoms with Crippen molar-refractivity contribution >= 4 is 18.4 Å². The smallest absolute Gasteiger partial charge is 0.264 e. The van der Waals surface area contributed by atoms with E-state index in [9.17, 15) is 9.67 Å². The van der Waals surface area contributed by atoms with Crippen LogP contribution >= 0.6 is 7.37 Å². The fraction of sp³-hybridized carbons (Fsp3) is 0.312. The lowest BCUT2D eigenvalue weighted by Gasteiger charge is -2.24. The van der Waals surface area contributed by atoms with Gasteiger partial charge in [-0.2, -0.15) is 0 Å². The Labute approximate surface area is 131 Å². The maximum Gasteiger partial charge on any atom is 0.264 e. The molecule has 0 fully saturated rings. The predicted octanol–water partition coefficient (Wildman–Crippen LogP) is 2.78. The molecule has 0 aliphatic heterocycles. The summed E-state index contributed by atoms with van der Waals surface area (Å²) >= 11 is 0. The summed E-state index contributed by atoms with van der Waals surface area (Å²) in [5.41, 5.74) is 1.52. The van der Waals surface area contributed by atoms with Crippen molar-refractivity contribution in [1.29, 1.82) is 0 Å². The minimum atomic E-state index is -3.43. The predicted molar refractivity (Wildman–Crippen MR) is 88.8 cm³/mol. The molecule has 1 aromatic heterocycles. The number of rotatable bonds is 6. The van der Waals surface area contributed by atoms with E-state index in [0.717, 1.165) is 5.69 Å². The summed E-state index contributed by atoms with van der Waals surface area (Å²) in [7, 11) is 0.442. The highest BCUT2D eigenvalue weighted by molar-refractivity contribution is 7.67. The molecule has 0 aliphatic rings. The molecular weight excluding hydrogens is 299 g/mol. The van der Waals surface area contributed by atoms with E-state index in [4.69, 9.17) is 4.52 Å². The van der Waals surface area contributed by atoms with Crippen LogP contribution in [-0.4, -0.2) is 30.8 Å². The molecule has 6 heteroatoms. The first-order chi connectivity index (χ1) is 10.5. The molecule has 1 heterocycles. The molecule has 0 aliphatic carbocycles. The maximum absolute atomic E-state index is 13.3. The van der Waals surface area contributed by atoms with Gasteiger partial charge in [0.15, 0.2) is 5.85 Å². The Balaban J connectivity index is 2.41. The molecule has 0 saturated carbocycles. The van der Waals surface area contributed by atoms with Crippen LogP contribution in [0.15, 0.2) is 48.8 Å². The van der Waals surface area contributed by atoms with Crippen molar-refractivity contribution in [3.63, 3.8) is 0 Å². The molecular formula is C16H21N2O3P. The van der Waals surface area contributed by atoms with Crippen molar-refractivity contribution in [1.82, 2.24) is 4.98 Å². The molecule has 2 aromatic rings. The first kappa shape index (κ1) is 16.7. The highest BCUT2D eigenvalue weighted by atomic mass is 31.2. The third-order valence-electron chi connectivity index (χ3n) is 3.37. The Morgan fingerprint density at radius 1 is 1.18 bits per heavy atom. The summed E-state index contributed by atoms with van der Waals surface area (Å²) in [5, 5.41) is 11.1. The Morgan fingerprint density at radius 2 is 1.77 bits per heavy atom. The molecule has 0 amide bonds. The van der Waals surface area contributed by atoms with Gasteiger partial charge in [0, 0.05) is 37.5 Å². The Kier molecular flexibility index (Phi) is 5.35. The van der Waals surface area contributed by atoms with Crippen LogP contribution in [0.5, 0.6) is 0 Å². The average molecular weight is 320 g/mol. The number of nitrogens with zero attached hydrogens (tertiary/aromatic N) is 2. The van der Waals surface area contributed by atoms with E-state index in [-0.39, 0.29) is 6.61 Å². The topological polar surface area (TPSA) is 62.7 Å². The first-order valence-corrected chi connectivity index (χ1v) is 8.78. The highest BCUT2D eigenvalue weighted by Crippen LogP contribution is 2.57. The van der Waals surface area contributed by atoms with Gasteiger partial charge in [-0.1, -0.05) is 0 Å². The normalized spacial score (nSPS) is 15.1. The second kappa shape index (κ2) is 7.05. The standard InChI is InChI=1S/C16H21N2O3P/c1-4-21-22(20,16(19)13-9-11-17-12-10-13)15-7-5-14(6-8-15)18(2)3/h5-12,16,19H,4H2,1-3H3/t16-,22-/m1/s1. The monoisotopic (exact) mass is 320 g/mol. The van der Waals surface area contributed by atoms with Gasteiger partial charge in [-0.05, 0) is 48.9 Å². The zero-order valence-corrected chi connectivity index (χ0v) is 13.9. The van der Waals surface area contributed by atoms with E-state index >= 15 is 0 Å². The van der Waals surface area contributed by atoms with Gasteiger partial charge in [-0.3, -0.25) is 9.55 Å². The summed E-state index contributed by atoms with van der Waals surface area (Å²) in [6.45, 7) is 2.02. The van der Waals surface area contributed by atoms with Crippen LogP contribution in [0.25, 0.3) is 0 Å². The number of aliphatic hydroxyl groups is 1. The SMILES string of the molecule is CCO[P@](=O)(c1ccc(N(C)C)cc1)[C@@H](O)c1ccncc1. The van der Waals surface area contributed by atoms with Gasteiger partial charge < -0.3 is 14.5 Å². The zero-order valence-electron chi connectivity index (χ0n) is 13.0. The highest BCUT2D eigenvalue weighted by Gasteiger charge is 2.36. The van der Waals surface area contributed by atoms with Crippen LogP contribution in [-0.2, 0) is 9.09 Å². The van der Waals surface area contributed by atoms with E-state index in [1.54, 1.807) is 43.6 Å². The zero-order chi connectivity index (χ0) is 16.2. The van der Waals surface area contributed by atoms with Gasteiger partial charge in [0.1, 0.15) is 0 Å². The van der Waals surface area contributed by atoms with Crippen molar-refractivity contribution < 1.29 is 14.2 Å². The van der Waals surface area contributed by atoms with Crippen LogP contribution in [0, 0.1) is 0 Å². The minimum absolute atomic E-state index is 0.259. The molecule has 1 N–H and O–H groups in total. The second-order valence-electron chi connectivity index (χ2n) is 5.08. The molecule has 5 nitrogen and oxygen atoms in total. The molecule has 0 unspecified atom stereocenters. The van der Waals surface area contributed by atoms with Crippen molar-refractivity contribution in [2.75, 3.05) is 25.6 Å². The summed E-state index contributed by atoms with van der Waals surface area (Å²) in [4.78, 5) is 5.87. The molecule has 1 aromatic carbocycles. The number of anilines is 1. The minimum Gasteiger partial charge on any atom is -0.378 e. The van der Waals surface area contributed by atoms with Gasteiger partial charge in [-0.25, -0.2) is 0 Å². The Morgan fingerprint density at radius 3 is 2.27 bits per heavy atom. The van der Waals surface area contributed by atoms with Crippen molar-refractivity contribution in [2.45, 2.75) is 12.8 Å². The van der Waals surface area contributed by atoms with E-state index in [1.807, 2.05) is 31.1 Å². The molecule has 0 radical (unpaired) electrons. The van der Waals surface area contributed by atoms with Crippen LogP contribution < -0.4 is 10.2 Å². The Hall–Kier alpha value is -1.68. The fourth-order valence-corrected chi connectivity index (χ4v) is 4.25. The van der Waals surface area contributed by atoms with Gasteiger partial charge in [0.25, 0.3) is 7.37 Å². The lowest BCUT2D eigenvalue weighted by atomic mass is 10.3. The van der Waals surface area contributed by atoms with Crippen LogP contribution in [0.2, 0.25) is 0 Å². The molecule has 2 atom stereocenters. The van der Waals surface area contributed by atoms with Crippen molar-refractivity contribution in [3.8, 4) is 0 Å². The molecule has 118 valence electrons. The molecule has 22 heavy (non-hydrogen) atoms. The number of pyridine rings is 1. The van der Waals surface area contributed by atoms with Gasteiger partial charge in [0.05, 0.1) is 6.61 Å². The maximum atomic E-state index is 13.3. The van der Waals surface area contributed by atoms with Gasteiger partial charge >= 0.3 is 0 Å². The summed E-state index contributed by atoms with van der Waals surface area (Å²) in [5.74, 6) is -1.21. The largest absolute Gasteiger partial charge is 0.378 e. The third-order valence-corrected chi connectivity index (χ3v) is 5.97. The van der Waals surface area contributed by atoms with E-state index < -0.39 is 13.2 Å². The number of hydrogen-bond donors (Lipinski definition) is 1. The van der Waals surface area contributed by atoms with Crippen LogP contribution in [0.3, 0.4) is 0 Å². The number of benzene rings is 1. The van der Waals surface area contributed by atoms with Gasteiger partial charge in [-0.15, -0.1) is 0 Å². The molecule has 2 rings (SSSR count). The summed E-state index contributed by atoms with van der Waals surface area (Å²) in [6.07, 6.45) is 3.12. The van der Waals surface area contributed by atoms with E-state index in [1.165, 1.54) is 0 Å². The number of hydrogen-bond acceptors (Lipinski definition) is 5. The van der Waals surface area contributed by atoms with E-state index in [0.29, 0.717) is 10.9 Å². The summed E-state index contributed by atoms with van der Waals surface area (Å²) < 4.78 is 18.8. The molecule has 0 saturated heterocycles. The van der Waals surface area contributed by atoms with Crippen LogP contribution in [0.4, 0.5) is 5.69 Å². The quantitative estimate of drug-likeness (QED) is 0.829. The lowest BCUT2D eigenvalue weighted by molar-refractivity contribution is 0.218. The van der Waals surface area contributed by atoms with Crippen LogP contribution in [0.1, 0.15) is 18.3 Å². The fourth-order valence-electron chi connectivity index (χ4n) is 2.17. The number of aromatic nitrogens is 1.